The van der Waals surface area contributed by atoms with E-state index in [0.29, 0.717) is 0 Å². The Hall–Kier alpha value is 3.39. The molecule has 0 spiro atoms. The van der Waals surface area contributed by atoms with Gasteiger partial charge in [-0.05, 0) is 0 Å². The van der Waals surface area contributed by atoms with Crippen molar-refractivity contribution in [3.63, 3.8) is 0 Å². The van der Waals surface area contributed by atoms with Gasteiger partial charge in [-0.2, -0.15) is 0 Å². The van der Waals surface area contributed by atoms with Crippen LogP contribution in [-0.2, 0) is -0.203 Å². The number of hydrogen-bond donors (Lipinski definition) is 0. The molecule has 0 atom stereocenters. The fraction of sp³-hybridized carbons (Fsp3) is 0. The summed E-state index contributed by atoms with van der Waals surface area (Å²) in [6.45, 7) is 0. The third-order valence-corrected chi connectivity index (χ3v) is 0. The van der Waals surface area contributed by atoms with Crippen molar-refractivity contribution >= 4 is 85.0 Å². The van der Waals surface area contributed by atoms with Gasteiger partial charge in [0, 0.05) is 0 Å². The molecule has 0 saturated heterocycles. The Labute approximate surface area is 82.9 Å². The van der Waals surface area contributed by atoms with Crippen LogP contribution in [0, 0.1) is 0 Å². The molecule has 0 aromatic rings. The first-order chi connectivity index (χ1) is 2.45. The number of hydrogen-bond acceptors (Lipinski definition) is 0. The van der Waals surface area contributed by atoms with Crippen LogP contribution in [0.2, 0.25) is 0 Å². The van der Waals surface area contributed by atoms with Gasteiger partial charge in [0.1, 0.15) is 0 Å². The van der Waals surface area contributed by atoms with Gasteiger partial charge in [-0.25, -0.2) is 0 Å². The minimum absolute atomic E-state index is 2.77. The zero-order chi connectivity index (χ0) is 6.41. The van der Waals surface area contributed by atoms with Crippen molar-refractivity contribution < 1.29 is -0.203 Å². The van der Waals surface area contributed by atoms with Gasteiger partial charge in [0.15, 0.2) is 0 Å². The maximum absolute atomic E-state index is 3.30. The summed E-state index contributed by atoms with van der Waals surface area (Å²) in [6, 6.07) is 0. The van der Waals surface area contributed by atoms with Gasteiger partial charge in [-0.3, -0.25) is 0 Å². The van der Waals surface area contributed by atoms with Crippen LogP contribution >= 0.6 is 85.0 Å². The van der Waals surface area contributed by atoms with Crippen LogP contribution in [-0.4, -0.2) is 0 Å². The molecule has 0 aliphatic carbocycles. The van der Waals surface area contributed by atoms with Gasteiger partial charge < -0.3 is 0 Å². The van der Waals surface area contributed by atoms with E-state index in [2.05, 4.69) is 85.0 Å². The Morgan fingerprint density at radius 1 is 0.571 bits per heavy atom. The number of rotatable bonds is 0. The summed E-state index contributed by atoms with van der Waals surface area (Å²) in [7, 11) is 0. The van der Waals surface area contributed by atoms with E-state index in [0.717, 1.165) is 0 Å². The van der Waals surface area contributed by atoms with E-state index < -0.39 is -0.203 Å². The predicted octanol–water partition coefficient (Wildman–Crippen LogP) is 5.07. The molecule has 0 aliphatic heterocycles. The molecule has 0 heterocycles. The summed E-state index contributed by atoms with van der Waals surface area (Å²) in [5, 5.41) is 0. The monoisotopic (exact) mass is 532 g/mol. The van der Waals surface area contributed by atoms with Gasteiger partial charge in [0.2, 0.25) is 0 Å². The SMILES string of the molecule is [Br][Co]([Br])([Br])([Br])([Br])[Br]. The zero-order valence-corrected chi connectivity index (χ0v) is 13.2. The Morgan fingerprint density at radius 2 is 0.571 bits per heavy atom. The molecule has 0 radical (unpaired) electrons. The Morgan fingerprint density at radius 3 is 0.571 bits per heavy atom. The molecule has 7 heavy (non-hydrogen) atoms. The summed E-state index contributed by atoms with van der Waals surface area (Å²) in [5.74, 6) is 0. The molecular formula is Br6Co. The molecule has 0 nitrogen and oxygen atoms in total. The third kappa shape index (κ3) is 44.7. The molecule has 0 aromatic carbocycles. The van der Waals surface area contributed by atoms with Crippen molar-refractivity contribution in [3.8, 4) is 0 Å². The summed E-state index contributed by atoms with van der Waals surface area (Å²) >= 11 is 19.8. The summed E-state index contributed by atoms with van der Waals surface area (Å²) in [4.78, 5) is 0. The zero-order valence-electron chi connectivity index (χ0n) is 2.60. The van der Waals surface area contributed by atoms with Crippen molar-refractivity contribution in [1.29, 1.82) is 0 Å². The first kappa shape index (κ1) is 10.4. The predicted molar refractivity (Wildman–Crippen MR) is 53.6 cm³/mol. The van der Waals surface area contributed by atoms with E-state index in [1.54, 1.807) is 0 Å². The first-order valence-electron chi connectivity index (χ1n) is 0.756. The Bertz CT molecular complexity index is 62.7. The van der Waals surface area contributed by atoms with E-state index in [4.69, 9.17) is 0 Å². The minimum atomic E-state index is -2.77. The molecule has 0 fully saturated rings. The van der Waals surface area contributed by atoms with E-state index in [9.17, 15) is 0 Å². The normalized spacial score (nSPS) is 23.1. The molecule has 0 amide bonds. The van der Waals surface area contributed by atoms with Crippen LogP contribution in [0.5, 0.6) is 0 Å². The van der Waals surface area contributed by atoms with E-state index in [-0.39, 0.29) is 0 Å². The molecular weight excluding hydrogens is 538 g/mol. The van der Waals surface area contributed by atoms with E-state index in [1.807, 2.05) is 0 Å². The molecule has 0 rings (SSSR count). The van der Waals surface area contributed by atoms with Crippen LogP contribution in [0.15, 0.2) is 0 Å². The average molecular weight is 538 g/mol. The molecule has 7 heteroatoms. The van der Waals surface area contributed by atoms with Crippen LogP contribution in [0.3, 0.4) is 0 Å². The molecule has 51 valence electrons. The topological polar surface area (TPSA) is 0 Å². The molecule has 0 bridgehead atoms. The van der Waals surface area contributed by atoms with Crippen LogP contribution < -0.4 is 0 Å². The Balaban J connectivity index is 4.43. The molecule has 0 saturated carbocycles. The van der Waals surface area contributed by atoms with Gasteiger partial charge in [-0.1, -0.05) is 0 Å². The standard InChI is InChI=1S/6BrH.Co/h6*1H;/q;;;;;;+6/p-6. The summed E-state index contributed by atoms with van der Waals surface area (Å²) in [5.41, 5.74) is 0. The van der Waals surface area contributed by atoms with Gasteiger partial charge >= 0.3 is 84.8 Å². The van der Waals surface area contributed by atoms with Crippen LogP contribution in [0.4, 0.5) is 0 Å². The van der Waals surface area contributed by atoms with E-state index in [1.165, 1.54) is 0 Å². The fourth-order valence-electron chi connectivity index (χ4n) is 0. The van der Waals surface area contributed by atoms with Crippen molar-refractivity contribution in [2.45, 2.75) is 0 Å². The molecule has 0 aliphatic rings. The molecule has 0 aromatic heterocycles. The first-order valence-corrected chi connectivity index (χ1v) is 16.2. The van der Waals surface area contributed by atoms with Crippen molar-refractivity contribution in [2.24, 2.45) is 0 Å². The fourth-order valence-corrected chi connectivity index (χ4v) is 0. The quantitative estimate of drug-likeness (QED) is 0.404. The van der Waals surface area contributed by atoms with E-state index >= 15 is 0 Å². The van der Waals surface area contributed by atoms with Crippen molar-refractivity contribution in [1.82, 2.24) is 0 Å². The molecule has 0 N–H and O–H groups in total. The summed E-state index contributed by atoms with van der Waals surface area (Å²) in [6.07, 6.45) is 0. The van der Waals surface area contributed by atoms with Crippen molar-refractivity contribution in [3.05, 3.63) is 0 Å². The second-order valence-electron chi connectivity index (χ2n) is 0.714. The second-order valence-corrected chi connectivity index (χ2v) is 79.5. The maximum atomic E-state index is 3.30. The second kappa shape index (κ2) is 1.95. The summed E-state index contributed by atoms with van der Waals surface area (Å²) < 4.78 is -2.77. The van der Waals surface area contributed by atoms with Crippen LogP contribution in [0.25, 0.3) is 0 Å². The van der Waals surface area contributed by atoms with Gasteiger partial charge in [-0.15, -0.1) is 0 Å². The van der Waals surface area contributed by atoms with Crippen molar-refractivity contribution in [2.75, 3.05) is 0 Å². The van der Waals surface area contributed by atoms with Gasteiger partial charge in [0.25, 0.3) is 0 Å². The Kier molecular flexibility index (Phi) is 2.90. The number of halogens is 6. The van der Waals surface area contributed by atoms with Crippen LogP contribution in [0.1, 0.15) is 0 Å². The van der Waals surface area contributed by atoms with Gasteiger partial charge in [0.05, 0.1) is 0 Å². The average Bonchev–Trinajstić information content (AvgIpc) is 0.592. The molecule has 0 unspecified atom stereocenters. The third-order valence-electron chi connectivity index (χ3n) is 0.